The van der Waals surface area contributed by atoms with Gasteiger partial charge in [-0.3, -0.25) is 24.1 Å². The summed E-state index contributed by atoms with van der Waals surface area (Å²) >= 11 is 0. The predicted molar refractivity (Wildman–Crippen MR) is 92.2 cm³/mol. The number of ether oxygens (including phenoxy) is 1. The number of nitrogens with zero attached hydrogens (tertiary/aromatic N) is 2. The number of nitrogens with one attached hydrogen (secondary N) is 1. The van der Waals surface area contributed by atoms with E-state index >= 15 is 0 Å². The van der Waals surface area contributed by atoms with Crippen molar-refractivity contribution in [2.45, 2.75) is 13.3 Å². The number of esters is 1. The van der Waals surface area contributed by atoms with E-state index in [4.69, 9.17) is 9.26 Å². The van der Waals surface area contributed by atoms with E-state index in [1.54, 1.807) is 6.92 Å². The van der Waals surface area contributed by atoms with E-state index in [-0.39, 0.29) is 41.3 Å². The minimum absolute atomic E-state index is 0.106. The first-order valence-electron chi connectivity index (χ1n) is 9.36. The maximum atomic E-state index is 12.8. The van der Waals surface area contributed by atoms with Crippen LogP contribution in [0.1, 0.15) is 12.2 Å². The van der Waals surface area contributed by atoms with Crippen LogP contribution < -0.4 is 5.32 Å². The van der Waals surface area contributed by atoms with Crippen molar-refractivity contribution in [2.24, 2.45) is 35.5 Å². The Balaban J connectivity index is 1.18. The van der Waals surface area contributed by atoms with Crippen molar-refractivity contribution < 1.29 is 28.4 Å². The first-order chi connectivity index (χ1) is 13.4. The standard InChI is InChI=1S/C19H19N3O6/c1-8-4-13(21-28-8)20-14(23)7-27-15(24)6-22-18(25)16-9-2-3-10(12-5-11(9)12)17(16)19(22)26/h2-4,9-12,16-17H,5-7H2,1H3,(H,20,21,23)/t9-,10-,11-,12+,16-,17+/m0/s1. The van der Waals surface area contributed by atoms with Gasteiger partial charge in [0.2, 0.25) is 11.8 Å². The number of anilines is 1. The zero-order chi connectivity index (χ0) is 19.6. The molecule has 1 aromatic heterocycles. The number of carbonyl (C=O) groups excluding carboxylic acids is 4. The Kier molecular flexibility index (Phi) is 3.68. The maximum absolute atomic E-state index is 12.8. The lowest BCUT2D eigenvalue weighted by Gasteiger charge is -2.37. The van der Waals surface area contributed by atoms with E-state index in [2.05, 4.69) is 22.6 Å². The van der Waals surface area contributed by atoms with Crippen molar-refractivity contribution in [3.63, 3.8) is 0 Å². The molecule has 3 amide bonds. The number of hydrogen-bond donors (Lipinski definition) is 1. The number of amides is 3. The number of likely N-dealkylation sites (tertiary alicyclic amines) is 1. The van der Waals surface area contributed by atoms with Crippen LogP contribution in [0.2, 0.25) is 0 Å². The van der Waals surface area contributed by atoms with Crippen molar-refractivity contribution >= 4 is 29.5 Å². The topological polar surface area (TPSA) is 119 Å². The van der Waals surface area contributed by atoms with E-state index in [0.717, 1.165) is 11.3 Å². The molecule has 9 heteroatoms. The Morgan fingerprint density at radius 2 is 1.86 bits per heavy atom. The Hall–Kier alpha value is -2.97. The number of rotatable bonds is 5. The summed E-state index contributed by atoms with van der Waals surface area (Å²) in [5.74, 6) is -0.700. The van der Waals surface area contributed by atoms with Gasteiger partial charge in [0.15, 0.2) is 12.4 Å². The SMILES string of the molecule is Cc1cc(NC(=O)COC(=O)CN2C(=O)[C@@H]3[C@H]4C=C[C@@H]([C@@H]5C[C@H]45)[C@@H]3C2=O)no1. The maximum Gasteiger partial charge on any atom is 0.326 e. The van der Waals surface area contributed by atoms with Crippen LogP contribution in [0.4, 0.5) is 5.82 Å². The third-order valence-corrected chi connectivity index (χ3v) is 6.30. The highest BCUT2D eigenvalue weighted by molar-refractivity contribution is 6.08. The van der Waals surface area contributed by atoms with Gasteiger partial charge in [0, 0.05) is 6.07 Å². The molecule has 1 N–H and O–H groups in total. The Bertz CT molecular complexity index is 885. The van der Waals surface area contributed by atoms with Crippen molar-refractivity contribution in [1.29, 1.82) is 0 Å². The van der Waals surface area contributed by atoms with Gasteiger partial charge in [-0.05, 0) is 37.0 Å². The highest BCUT2D eigenvalue weighted by Crippen LogP contribution is 2.65. The number of aromatic nitrogens is 1. The predicted octanol–water partition coefficient (Wildman–Crippen LogP) is 0.518. The number of imide groups is 1. The average molecular weight is 385 g/mol. The van der Waals surface area contributed by atoms with Crippen LogP contribution in [0.3, 0.4) is 0 Å². The van der Waals surface area contributed by atoms with Crippen molar-refractivity contribution in [3.8, 4) is 0 Å². The van der Waals surface area contributed by atoms with Crippen LogP contribution in [0, 0.1) is 42.4 Å². The molecule has 3 fully saturated rings. The zero-order valence-electron chi connectivity index (χ0n) is 15.2. The van der Waals surface area contributed by atoms with E-state index in [0.29, 0.717) is 17.6 Å². The summed E-state index contributed by atoms with van der Waals surface area (Å²) in [6, 6.07) is 1.52. The van der Waals surface area contributed by atoms with Gasteiger partial charge in [-0.25, -0.2) is 0 Å². The van der Waals surface area contributed by atoms with Gasteiger partial charge in [0.1, 0.15) is 12.3 Å². The summed E-state index contributed by atoms with van der Waals surface area (Å²) in [6.45, 7) is 0.677. The molecule has 2 saturated carbocycles. The van der Waals surface area contributed by atoms with E-state index in [1.807, 2.05) is 0 Å². The molecular formula is C19H19N3O6. The molecule has 6 rings (SSSR count). The van der Waals surface area contributed by atoms with Gasteiger partial charge in [-0.1, -0.05) is 17.3 Å². The third kappa shape index (κ3) is 2.56. The van der Waals surface area contributed by atoms with Crippen LogP contribution in [0.15, 0.2) is 22.7 Å². The van der Waals surface area contributed by atoms with Gasteiger partial charge < -0.3 is 14.6 Å². The second-order valence-electron chi connectivity index (χ2n) is 7.95. The van der Waals surface area contributed by atoms with Gasteiger partial charge in [0.25, 0.3) is 5.91 Å². The molecule has 2 heterocycles. The molecule has 0 aromatic carbocycles. The van der Waals surface area contributed by atoms with E-state index < -0.39 is 25.0 Å². The van der Waals surface area contributed by atoms with E-state index in [9.17, 15) is 19.2 Å². The zero-order valence-corrected chi connectivity index (χ0v) is 15.2. The number of aryl methyl sites for hydroxylation is 1. The van der Waals surface area contributed by atoms with Crippen LogP contribution in [-0.4, -0.2) is 46.9 Å². The van der Waals surface area contributed by atoms with Crippen LogP contribution in [0.5, 0.6) is 0 Å². The molecular weight excluding hydrogens is 366 g/mol. The second-order valence-corrected chi connectivity index (χ2v) is 7.95. The van der Waals surface area contributed by atoms with Crippen molar-refractivity contribution in [3.05, 3.63) is 24.0 Å². The highest BCUT2D eigenvalue weighted by atomic mass is 16.5. The molecule has 1 saturated heterocycles. The minimum atomic E-state index is -0.794. The second kappa shape index (κ2) is 6.02. The minimum Gasteiger partial charge on any atom is -0.454 e. The summed E-state index contributed by atoms with van der Waals surface area (Å²) in [7, 11) is 0. The summed E-state index contributed by atoms with van der Waals surface area (Å²) in [4.78, 5) is 50.5. The molecule has 9 nitrogen and oxygen atoms in total. The molecule has 0 spiro atoms. The van der Waals surface area contributed by atoms with Crippen molar-refractivity contribution in [2.75, 3.05) is 18.5 Å². The monoisotopic (exact) mass is 385 g/mol. The lowest BCUT2D eigenvalue weighted by Crippen LogP contribution is -2.40. The Morgan fingerprint density at radius 3 is 2.43 bits per heavy atom. The van der Waals surface area contributed by atoms with Gasteiger partial charge in [0.05, 0.1) is 11.8 Å². The molecule has 6 atom stereocenters. The lowest BCUT2D eigenvalue weighted by atomic mass is 9.63. The third-order valence-electron chi connectivity index (χ3n) is 6.30. The summed E-state index contributed by atoms with van der Waals surface area (Å²) in [5.41, 5.74) is 0. The van der Waals surface area contributed by atoms with Crippen LogP contribution >= 0.6 is 0 Å². The van der Waals surface area contributed by atoms with Gasteiger partial charge >= 0.3 is 5.97 Å². The molecule has 2 bridgehead atoms. The van der Waals surface area contributed by atoms with Crippen molar-refractivity contribution in [1.82, 2.24) is 10.1 Å². The molecule has 28 heavy (non-hydrogen) atoms. The summed E-state index contributed by atoms with van der Waals surface area (Å²) < 4.78 is 9.75. The summed E-state index contributed by atoms with van der Waals surface area (Å²) in [6.07, 6.45) is 5.23. The quantitative estimate of drug-likeness (QED) is 0.446. The first-order valence-corrected chi connectivity index (χ1v) is 9.36. The summed E-state index contributed by atoms with van der Waals surface area (Å²) in [5, 5.41) is 6.03. The highest BCUT2D eigenvalue weighted by Gasteiger charge is 2.67. The molecule has 1 aliphatic heterocycles. The molecule has 146 valence electrons. The molecule has 1 aromatic rings. The molecule has 0 unspecified atom stereocenters. The Labute approximate surface area is 160 Å². The molecule has 0 radical (unpaired) electrons. The largest absolute Gasteiger partial charge is 0.454 e. The van der Waals surface area contributed by atoms with Gasteiger partial charge in [-0.2, -0.15) is 0 Å². The smallest absolute Gasteiger partial charge is 0.326 e. The normalized spacial score (nSPS) is 34.2. The number of hydrogen-bond acceptors (Lipinski definition) is 7. The lowest BCUT2D eigenvalue weighted by molar-refractivity contribution is -0.154. The Morgan fingerprint density at radius 1 is 1.21 bits per heavy atom. The fraction of sp³-hybridized carbons (Fsp3) is 0.526. The van der Waals surface area contributed by atoms with Gasteiger partial charge in [-0.15, -0.1) is 0 Å². The fourth-order valence-electron chi connectivity index (χ4n) is 5.10. The number of carbonyl (C=O) groups is 4. The molecule has 5 aliphatic rings. The number of allylic oxidation sites excluding steroid dienone is 2. The van der Waals surface area contributed by atoms with Crippen LogP contribution in [0.25, 0.3) is 0 Å². The van der Waals surface area contributed by atoms with Crippen LogP contribution in [-0.2, 0) is 23.9 Å². The average Bonchev–Trinajstić information content (AvgIpc) is 3.35. The first kappa shape index (κ1) is 17.2. The van der Waals surface area contributed by atoms with E-state index in [1.165, 1.54) is 6.07 Å². The molecule has 4 aliphatic carbocycles. The fourth-order valence-corrected chi connectivity index (χ4v) is 5.10.